The van der Waals surface area contributed by atoms with Gasteiger partial charge in [0.15, 0.2) is 10.5 Å². The average molecular weight is 246 g/mol. The summed E-state index contributed by atoms with van der Waals surface area (Å²) < 4.78 is 7.81. The standard InChI is InChI=1S/C11H10N4OS/c1-7-4-8(16-14-7)6-15-10-2-3-12-5-9(10)13-11(15)17/h2-5H,6H2,1H3,(H,13,17). The summed E-state index contributed by atoms with van der Waals surface area (Å²) in [5.41, 5.74) is 2.81. The highest BCUT2D eigenvalue weighted by Gasteiger charge is 2.07. The van der Waals surface area contributed by atoms with Crippen molar-refractivity contribution in [3.05, 3.63) is 40.8 Å². The van der Waals surface area contributed by atoms with E-state index in [1.165, 1.54) is 0 Å². The number of pyridine rings is 1. The second kappa shape index (κ2) is 3.81. The molecule has 0 aliphatic heterocycles. The minimum atomic E-state index is 0.573. The number of hydrogen-bond acceptors (Lipinski definition) is 4. The maximum atomic E-state index is 5.28. The average Bonchev–Trinajstić information content (AvgIpc) is 2.85. The van der Waals surface area contributed by atoms with Crippen molar-refractivity contribution in [2.24, 2.45) is 0 Å². The Bertz CT molecular complexity index is 724. The number of aromatic amines is 1. The fourth-order valence-corrected chi connectivity index (χ4v) is 2.09. The first-order valence-corrected chi connectivity index (χ1v) is 5.59. The number of aromatic nitrogens is 4. The third-order valence-corrected chi connectivity index (χ3v) is 2.89. The number of hydrogen-bond donors (Lipinski definition) is 1. The predicted octanol–water partition coefficient (Wildman–Crippen LogP) is 2.44. The van der Waals surface area contributed by atoms with Crippen molar-refractivity contribution in [1.82, 2.24) is 19.7 Å². The van der Waals surface area contributed by atoms with E-state index >= 15 is 0 Å². The SMILES string of the molecule is Cc1cc(Cn2c(=S)[nH]c3cnccc32)on1. The smallest absolute Gasteiger partial charge is 0.178 e. The van der Waals surface area contributed by atoms with E-state index < -0.39 is 0 Å². The quantitative estimate of drug-likeness (QED) is 0.705. The molecule has 0 saturated carbocycles. The summed E-state index contributed by atoms with van der Waals surface area (Å²) in [5, 5.41) is 3.86. The van der Waals surface area contributed by atoms with E-state index in [2.05, 4.69) is 15.1 Å². The summed E-state index contributed by atoms with van der Waals surface area (Å²) in [6.07, 6.45) is 3.50. The zero-order chi connectivity index (χ0) is 11.8. The molecule has 86 valence electrons. The van der Waals surface area contributed by atoms with E-state index in [0.717, 1.165) is 22.5 Å². The molecule has 5 nitrogen and oxygen atoms in total. The van der Waals surface area contributed by atoms with Crippen molar-refractivity contribution < 1.29 is 4.52 Å². The summed E-state index contributed by atoms with van der Waals surface area (Å²) in [6, 6.07) is 3.83. The van der Waals surface area contributed by atoms with Crippen LogP contribution in [0.1, 0.15) is 11.5 Å². The molecule has 3 aromatic rings. The molecule has 1 N–H and O–H groups in total. The molecule has 0 bridgehead atoms. The lowest BCUT2D eigenvalue weighted by Gasteiger charge is -1.99. The van der Waals surface area contributed by atoms with E-state index in [-0.39, 0.29) is 0 Å². The van der Waals surface area contributed by atoms with Crippen molar-refractivity contribution >= 4 is 23.3 Å². The minimum absolute atomic E-state index is 0.573. The topological polar surface area (TPSA) is 59.6 Å². The van der Waals surface area contributed by atoms with Crippen molar-refractivity contribution in [2.75, 3.05) is 0 Å². The Labute approximate surface area is 102 Å². The molecule has 17 heavy (non-hydrogen) atoms. The lowest BCUT2D eigenvalue weighted by atomic mass is 10.3. The van der Waals surface area contributed by atoms with Crippen LogP contribution in [-0.4, -0.2) is 19.7 Å². The number of nitrogens with zero attached hydrogens (tertiary/aromatic N) is 3. The Morgan fingerprint density at radius 1 is 1.53 bits per heavy atom. The molecular formula is C11H10N4OS. The Morgan fingerprint density at radius 2 is 2.41 bits per heavy atom. The van der Waals surface area contributed by atoms with Crippen molar-refractivity contribution in [3.63, 3.8) is 0 Å². The third kappa shape index (κ3) is 1.76. The van der Waals surface area contributed by atoms with Gasteiger partial charge in [0.2, 0.25) is 0 Å². The monoisotopic (exact) mass is 246 g/mol. The van der Waals surface area contributed by atoms with Gasteiger partial charge in [-0.05, 0) is 25.2 Å². The molecule has 0 spiro atoms. The Kier molecular flexibility index (Phi) is 2.29. The number of imidazole rings is 1. The number of rotatable bonds is 2. The number of aryl methyl sites for hydroxylation is 1. The first kappa shape index (κ1) is 10.2. The largest absolute Gasteiger partial charge is 0.359 e. The van der Waals surface area contributed by atoms with Crippen molar-refractivity contribution in [3.8, 4) is 0 Å². The van der Waals surface area contributed by atoms with Crippen molar-refractivity contribution in [1.29, 1.82) is 0 Å². The zero-order valence-electron chi connectivity index (χ0n) is 9.17. The summed E-state index contributed by atoms with van der Waals surface area (Å²) in [4.78, 5) is 7.16. The number of nitrogens with one attached hydrogen (secondary N) is 1. The lowest BCUT2D eigenvalue weighted by molar-refractivity contribution is 0.373. The summed E-state index contributed by atoms with van der Waals surface area (Å²) in [5.74, 6) is 0.788. The molecule has 0 saturated heterocycles. The predicted molar refractivity (Wildman–Crippen MR) is 65.3 cm³/mol. The maximum Gasteiger partial charge on any atom is 0.178 e. The van der Waals surface area contributed by atoms with Gasteiger partial charge in [-0.3, -0.25) is 4.98 Å². The van der Waals surface area contributed by atoms with E-state index in [1.807, 2.05) is 23.6 Å². The van der Waals surface area contributed by atoms with Crippen LogP contribution in [0.4, 0.5) is 0 Å². The first-order valence-electron chi connectivity index (χ1n) is 5.19. The number of fused-ring (bicyclic) bond motifs is 1. The molecular weight excluding hydrogens is 236 g/mol. The molecule has 3 aromatic heterocycles. The fourth-order valence-electron chi connectivity index (χ4n) is 1.81. The molecule has 0 fully saturated rings. The molecule has 3 heterocycles. The molecule has 0 aliphatic carbocycles. The van der Waals surface area contributed by atoms with Gasteiger partial charge in [0, 0.05) is 12.3 Å². The van der Waals surface area contributed by atoms with Gasteiger partial charge >= 0.3 is 0 Å². The summed E-state index contributed by atoms with van der Waals surface area (Å²) >= 11 is 5.28. The highest BCUT2D eigenvalue weighted by atomic mass is 32.1. The van der Waals surface area contributed by atoms with Crippen LogP contribution in [0.25, 0.3) is 11.0 Å². The molecule has 0 unspecified atom stereocenters. The Hall–Kier alpha value is -1.95. The zero-order valence-corrected chi connectivity index (χ0v) is 9.99. The molecule has 0 aromatic carbocycles. The molecule has 6 heteroatoms. The Balaban J connectivity index is 2.11. The van der Waals surface area contributed by atoms with Gasteiger partial charge in [-0.2, -0.15) is 0 Å². The van der Waals surface area contributed by atoms with Crippen LogP contribution in [0.2, 0.25) is 0 Å². The normalized spacial score (nSPS) is 11.1. The van der Waals surface area contributed by atoms with Gasteiger partial charge in [0.1, 0.15) is 0 Å². The van der Waals surface area contributed by atoms with E-state index in [9.17, 15) is 0 Å². The summed E-state index contributed by atoms with van der Waals surface area (Å²) in [7, 11) is 0. The molecule has 0 aliphatic rings. The highest BCUT2D eigenvalue weighted by molar-refractivity contribution is 7.71. The second-order valence-corrected chi connectivity index (χ2v) is 4.23. The molecule has 0 radical (unpaired) electrons. The Morgan fingerprint density at radius 3 is 3.18 bits per heavy atom. The van der Waals surface area contributed by atoms with Gasteiger partial charge in [0.05, 0.1) is 29.5 Å². The third-order valence-electron chi connectivity index (χ3n) is 2.57. The van der Waals surface area contributed by atoms with Crippen LogP contribution in [0.5, 0.6) is 0 Å². The number of H-pyrrole nitrogens is 1. The van der Waals surface area contributed by atoms with Gasteiger partial charge in [-0.25, -0.2) is 0 Å². The molecule has 0 amide bonds. The summed E-state index contributed by atoms with van der Waals surface area (Å²) in [6.45, 7) is 2.47. The van der Waals surface area contributed by atoms with Gasteiger partial charge in [0.25, 0.3) is 0 Å². The maximum absolute atomic E-state index is 5.28. The minimum Gasteiger partial charge on any atom is -0.359 e. The van der Waals surface area contributed by atoms with Crippen LogP contribution in [0.3, 0.4) is 0 Å². The lowest BCUT2D eigenvalue weighted by Crippen LogP contribution is -1.98. The van der Waals surface area contributed by atoms with Crippen molar-refractivity contribution in [2.45, 2.75) is 13.5 Å². The highest BCUT2D eigenvalue weighted by Crippen LogP contribution is 2.14. The van der Waals surface area contributed by atoms with E-state index in [0.29, 0.717) is 11.3 Å². The van der Waals surface area contributed by atoms with Crippen LogP contribution in [0.15, 0.2) is 29.0 Å². The van der Waals surface area contributed by atoms with Gasteiger partial charge in [-0.15, -0.1) is 0 Å². The van der Waals surface area contributed by atoms with Gasteiger partial charge in [-0.1, -0.05) is 5.16 Å². The van der Waals surface area contributed by atoms with Crippen LogP contribution in [-0.2, 0) is 6.54 Å². The van der Waals surface area contributed by atoms with Crippen LogP contribution in [0, 0.1) is 11.7 Å². The fraction of sp³-hybridized carbons (Fsp3) is 0.182. The molecule has 0 atom stereocenters. The van der Waals surface area contributed by atoms with Gasteiger partial charge < -0.3 is 14.1 Å². The van der Waals surface area contributed by atoms with Crippen LogP contribution >= 0.6 is 12.2 Å². The second-order valence-electron chi connectivity index (χ2n) is 3.84. The van der Waals surface area contributed by atoms with E-state index in [1.54, 1.807) is 12.4 Å². The first-order chi connectivity index (χ1) is 8.24. The van der Waals surface area contributed by atoms with E-state index in [4.69, 9.17) is 16.7 Å². The van der Waals surface area contributed by atoms with Crippen LogP contribution < -0.4 is 0 Å². The molecule has 3 rings (SSSR count).